The number of thiophene rings is 1. The van der Waals surface area contributed by atoms with Crippen LogP contribution in [0.4, 0.5) is 0 Å². The molecule has 0 fully saturated rings. The van der Waals surface area contributed by atoms with Gasteiger partial charge >= 0.3 is 0 Å². The number of aliphatic hydroxyl groups excluding tert-OH is 1. The predicted octanol–water partition coefficient (Wildman–Crippen LogP) is 2.92. The van der Waals surface area contributed by atoms with Gasteiger partial charge in [0.25, 0.3) is 0 Å². The molecule has 0 saturated carbocycles. The van der Waals surface area contributed by atoms with Crippen molar-refractivity contribution in [3.8, 4) is 0 Å². The average molecular weight is 287 g/mol. The molecule has 0 spiro atoms. The molecule has 104 valence electrons. The van der Waals surface area contributed by atoms with E-state index in [1.165, 1.54) is 11.0 Å². The Labute approximate surface area is 122 Å². The Bertz CT molecular complexity index is 590. The highest BCUT2D eigenvalue weighted by molar-refractivity contribution is 7.12. The van der Waals surface area contributed by atoms with Gasteiger partial charge in [-0.05, 0) is 30.7 Å². The van der Waals surface area contributed by atoms with Crippen molar-refractivity contribution in [1.82, 2.24) is 5.32 Å². The van der Waals surface area contributed by atoms with Crippen LogP contribution < -0.4 is 5.32 Å². The van der Waals surface area contributed by atoms with Gasteiger partial charge in [-0.1, -0.05) is 30.3 Å². The number of rotatable bonds is 5. The number of hydrogen-bond acceptors (Lipinski definition) is 3. The number of carbonyl (C=O) groups excluding carboxylic acids is 1. The summed E-state index contributed by atoms with van der Waals surface area (Å²) < 4.78 is 0. The summed E-state index contributed by atoms with van der Waals surface area (Å²) in [6, 6.07) is 13.3. The van der Waals surface area contributed by atoms with E-state index in [1.54, 1.807) is 17.4 Å². The maximum Gasteiger partial charge on any atom is 0.244 e. The third kappa shape index (κ3) is 4.33. The van der Waals surface area contributed by atoms with E-state index in [2.05, 4.69) is 5.32 Å². The fraction of sp³-hybridized carbons (Fsp3) is 0.188. The van der Waals surface area contributed by atoms with Crippen molar-refractivity contribution in [3.63, 3.8) is 0 Å². The van der Waals surface area contributed by atoms with E-state index in [4.69, 9.17) is 0 Å². The molecule has 2 aromatic rings. The second-order valence-electron chi connectivity index (χ2n) is 4.45. The molecule has 4 heteroatoms. The lowest BCUT2D eigenvalue weighted by atomic mass is 10.1. The molecule has 0 aliphatic carbocycles. The van der Waals surface area contributed by atoms with Crippen molar-refractivity contribution in [3.05, 3.63) is 63.9 Å². The van der Waals surface area contributed by atoms with Crippen LogP contribution in [0.15, 0.2) is 48.5 Å². The highest BCUT2D eigenvalue weighted by Gasteiger charge is 2.07. The van der Waals surface area contributed by atoms with E-state index in [1.807, 2.05) is 49.4 Å². The molecule has 20 heavy (non-hydrogen) atoms. The summed E-state index contributed by atoms with van der Waals surface area (Å²) in [5.41, 5.74) is 0.797. The molecule has 1 aromatic carbocycles. The van der Waals surface area contributed by atoms with E-state index in [9.17, 15) is 9.90 Å². The molecule has 0 aliphatic heterocycles. The van der Waals surface area contributed by atoms with E-state index < -0.39 is 6.10 Å². The predicted molar refractivity (Wildman–Crippen MR) is 82.5 cm³/mol. The summed E-state index contributed by atoms with van der Waals surface area (Å²) in [4.78, 5) is 13.9. The third-order valence-corrected chi connectivity index (χ3v) is 3.78. The van der Waals surface area contributed by atoms with Gasteiger partial charge in [-0.3, -0.25) is 4.79 Å². The molecular formula is C16H17NO2S. The lowest BCUT2D eigenvalue weighted by Crippen LogP contribution is -2.26. The van der Waals surface area contributed by atoms with Crippen LogP contribution in [0.2, 0.25) is 0 Å². The minimum absolute atomic E-state index is 0.203. The second kappa shape index (κ2) is 7.03. The Morgan fingerprint density at radius 2 is 2.05 bits per heavy atom. The standard InChI is InChI=1S/C16H17NO2S/c1-12-7-8-14(20-12)9-10-16(19)17-11-15(18)13-5-3-2-4-6-13/h2-10,15,18H,11H2,1H3,(H,17,19)/b10-9+. The lowest BCUT2D eigenvalue weighted by Gasteiger charge is -2.10. The van der Waals surface area contributed by atoms with Crippen LogP contribution in [-0.4, -0.2) is 17.6 Å². The Hall–Kier alpha value is -1.91. The van der Waals surface area contributed by atoms with Gasteiger partial charge < -0.3 is 10.4 Å². The van der Waals surface area contributed by atoms with Crippen molar-refractivity contribution in [2.45, 2.75) is 13.0 Å². The van der Waals surface area contributed by atoms with Crippen molar-refractivity contribution >= 4 is 23.3 Å². The number of nitrogens with one attached hydrogen (secondary N) is 1. The maximum atomic E-state index is 11.7. The molecule has 1 unspecified atom stereocenters. The number of aliphatic hydroxyl groups is 1. The fourth-order valence-electron chi connectivity index (χ4n) is 1.75. The van der Waals surface area contributed by atoms with Gasteiger partial charge in [0.1, 0.15) is 0 Å². The van der Waals surface area contributed by atoms with Crippen LogP contribution in [0, 0.1) is 6.92 Å². The largest absolute Gasteiger partial charge is 0.387 e. The fourth-order valence-corrected chi connectivity index (χ4v) is 2.53. The molecule has 0 aliphatic rings. The maximum absolute atomic E-state index is 11.7. The highest BCUT2D eigenvalue weighted by Crippen LogP contribution is 2.16. The molecule has 0 radical (unpaired) electrons. The molecule has 1 heterocycles. The second-order valence-corrected chi connectivity index (χ2v) is 5.77. The van der Waals surface area contributed by atoms with Gasteiger partial charge in [-0.25, -0.2) is 0 Å². The quantitative estimate of drug-likeness (QED) is 0.831. The monoisotopic (exact) mass is 287 g/mol. The molecule has 2 N–H and O–H groups in total. The van der Waals surface area contributed by atoms with E-state index in [0.29, 0.717) is 0 Å². The third-order valence-electron chi connectivity index (χ3n) is 2.81. The summed E-state index contributed by atoms with van der Waals surface area (Å²) in [6.07, 6.45) is 2.59. The van der Waals surface area contributed by atoms with E-state index in [0.717, 1.165) is 10.4 Å². The molecule has 2 rings (SSSR count). The van der Waals surface area contributed by atoms with Gasteiger partial charge in [-0.2, -0.15) is 0 Å². The van der Waals surface area contributed by atoms with Crippen LogP contribution in [0.5, 0.6) is 0 Å². The van der Waals surface area contributed by atoms with Gasteiger partial charge in [-0.15, -0.1) is 11.3 Å². The minimum atomic E-state index is -0.683. The van der Waals surface area contributed by atoms with Gasteiger partial charge in [0.2, 0.25) is 5.91 Å². The van der Waals surface area contributed by atoms with Crippen LogP contribution in [0.1, 0.15) is 21.4 Å². The number of aryl methyl sites for hydroxylation is 1. The molecule has 3 nitrogen and oxygen atoms in total. The number of hydrogen-bond donors (Lipinski definition) is 2. The first kappa shape index (κ1) is 14.5. The first-order chi connectivity index (χ1) is 9.65. The van der Waals surface area contributed by atoms with E-state index >= 15 is 0 Å². The molecule has 0 saturated heterocycles. The SMILES string of the molecule is Cc1ccc(/C=C/C(=O)NCC(O)c2ccccc2)s1. The molecule has 0 bridgehead atoms. The number of benzene rings is 1. The van der Waals surface area contributed by atoms with E-state index in [-0.39, 0.29) is 12.5 Å². The van der Waals surface area contributed by atoms with Crippen LogP contribution in [0.3, 0.4) is 0 Å². The molecule has 1 aromatic heterocycles. The summed E-state index contributed by atoms with van der Waals surface area (Å²) in [7, 11) is 0. The zero-order chi connectivity index (χ0) is 14.4. The Morgan fingerprint density at radius 3 is 2.70 bits per heavy atom. The van der Waals surface area contributed by atoms with Crippen molar-refractivity contribution < 1.29 is 9.90 Å². The van der Waals surface area contributed by atoms with Crippen molar-refractivity contribution in [2.75, 3.05) is 6.54 Å². The summed E-state index contributed by atoms with van der Waals surface area (Å²) in [6.45, 7) is 2.23. The van der Waals surface area contributed by atoms with Gasteiger partial charge in [0.15, 0.2) is 0 Å². The molecular weight excluding hydrogens is 270 g/mol. The van der Waals surface area contributed by atoms with Crippen LogP contribution in [0.25, 0.3) is 6.08 Å². The average Bonchev–Trinajstić information content (AvgIpc) is 2.89. The van der Waals surface area contributed by atoms with Crippen molar-refractivity contribution in [1.29, 1.82) is 0 Å². The van der Waals surface area contributed by atoms with Gasteiger partial charge in [0, 0.05) is 22.4 Å². The molecule has 1 atom stereocenters. The normalized spacial score (nSPS) is 12.5. The zero-order valence-electron chi connectivity index (χ0n) is 11.2. The zero-order valence-corrected chi connectivity index (χ0v) is 12.1. The minimum Gasteiger partial charge on any atom is -0.387 e. The van der Waals surface area contributed by atoms with Gasteiger partial charge in [0.05, 0.1) is 6.10 Å². The smallest absolute Gasteiger partial charge is 0.244 e. The first-order valence-electron chi connectivity index (χ1n) is 6.40. The summed E-state index contributed by atoms with van der Waals surface area (Å²) >= 11 is 1.63. The number of amides is 1. The Kier molecular flexibility index (Phi) is 5.09. The molecule has 1 amide bonds. The Balaban J connectivity index is 1.82. The first-order valence-corrected chi connectivity index (χ1v) is 7.22. The van der Waals surface area contributed by atoms with Crippen molar-refractivity contribution in [2.24, 2.45) is 0 Å². The topological polar surface area (TPSA) is 49.3 Å². The lowest BCUT2D eigenvalue weighted by molar-refractivity contribution is -0.116. The van der Waals surface area contributed by atoms with Crippen LogP contribution >= 0.6 is 11.3 Å². The summed E-state index contributed by atoms with van der Waals surface area (Å²) in [5, 5.41) is 12.6. The Morgan fingerprint density at radius 1 is 1.30 bits per heavy atom. The number of carbonyl (C=O) groups is 1. The van der Waals surface area contributed by atoms with Crippen LogP contribution in [-0.2, 0) is 4.79 Å². The highest BCUT2D eigenvalue weighted by atomic mass is 32.1. The summed E-state index contributed by atoms with van der Waals surface area (Å²) in [5.74, 6) is -0.203.